The first-order chi connectivity index (χ1) is 18.0. The van der Waals surface area contributed by atoms with Crippen molar-refractivity contribution >= 4 is 11.8 Å². The van der Waals surface area contributed by atoms with E-state index in [0.717, 1.165) is 47.9 Å². The standard InChI is InChI=1S/C32H38N2O3/c1-24-18-19-30(25(2)20-24)37-23-31(35)34(22-27-14-8-4-9-15-27)29(21-26-12-6-3-7-13-26)32(36)33-28-16-10-5-11-17-28/h3-4,6-9,12-15,18-20,28-29H,5,10-11,16-17,21-23H2,1-2H3,(H,33,36)/t29-/m0/s1. The molecule has 1 N–H and O–H groups in total. The van der Waals surface area contributed by atoms with E-state index in [1.165, 1.54) is 6.42 Å². The van der Waals surface area contributed by atoms with Crippen LogP contribution in [0.1, 0.15) is 54.4 Å². The first kappa shape index (κ1) is 26.5. The number of benzene rings is 3. The molecular formula is C32H38N2O3. The Morgan fingerprint density at radius 3 is 2.19 bits per heavy atom. The fourth-order valence-electron chi connectivity index (χ4n) is 5.06. The molecule has 1 saturated carbocycles. The minimum Gasteiger partial charge on any atom is -0.483 e. The van der Waals surface area contributed by atoms with Crippen LogP contribution in [0.25, 0.3) is 0 Å². The highest BCUT2D eigenvalue weighted by molar-refractivity contribution is 5.88. The van der Waals surface area contributed by atoms with E-state index in [1.807, 2.05) is 92.7 Å². The second-order valence-corrected chi connectivity index (χ2v) is 10.1. The van der Waals surface area contributed by atoms with Gasteiger partial charge in [0.25, 0.3) is 5.91 Å². The molecule has 0 aromatic heterocycles. The van der Waals surface area contributed by atoms with E-state index >= 15 is 0 Å². The van der Waals surface area contributed by atoms with Crippen molar-refractivity contribution in [1.29, 1.82) is 0 Å². The fourth-order valence-corrected chi connectivity index (χ4v) is 5.06. The normalized spacial score (nSPS) is 14.5. The number of carbonyl (C=O) groups is 2. The first-order valence-corrected chi connectivity index (χ1v) is 13.4. The van der Waals surface area contributed by atoms with Gasteiger partial charge in [0.2, 0.25) is 5.91 Å². The number of nitrogens with one attached hydrogen (secondary N) is 1. The molecule has 194 valence electrons. The summed E-state index contributed by atoms with van der Waals surface area (Å²) < 4.78 is 5.98. The highest BCUT2D eigenvalue weighted by Gasteiger charge is 2.32. The second kappa shape index (κ2) is 13.1. The minimum atomic E-state index is -0.639. The van der Waals surface area contributed by atoms with E-state index in [-0.39, 0.29) is 24.5 Å². The Morgan fingerprint density at radius 1 is 0.892 bits per heavy atom. The summed E-state index contributed by atoms with van der Waals surface area (Å²) in [4.78, 5) is 29.2. The second-order valence-electron chi connectivity index (χ2n) is 10.1. The zero-order chi connectivity index (χ0) is 26.0. The maximum atomic E-state index is 13.8. The molecule has 1 fully saturated rings. The third-order valence-corrected chi connectivity index (χ3v) is 7.10. The summed E-state index contributed by atoms with van der Waals surface area (Å²) in [6.45, 7) is 4.22. The van der Waals surface area contributed by atoms with Crippen LogP contribution in [0.5, 0.6) is 5.75 Å². The van der Waals surface area contributed by atoms with Gasteiger partial charge < -0.3 is 15.0 Å². The smallest absolute Gasteiger partial charge is 0.261 e. The minimum absolute atomic E-state index is 0.0912. The molecule has 0 radical (unpaired) electrons. The molecule has 5 heteroatoms. The monoisotopic (exact) mass is 498 g/mol. The van der Waals surface area contributed by atoms with Crippen LogP contribution >= 0.6 is 0 Å². The lowest BCUT2D eigenvalue weighted by atomic mass is 9.94. The molecular weight excluding hydrogens is 460 g/mol. The average Bonchev–Trinajstić information content (AvgIpc) is 2.91. The van der Waals surface area contributed by atoms with Crippen molar-refractivity contribution in [1.82, 2.24) is 10.2 Å². The van der Waals surface area contributed by atoms with Crippen LogP contribution in [-0.4, -0.2) is 35.4 Å². The van der Waals surface area contributed by atoms with Gasteiger partial charge in [-0.2, -0.15) is 0 Å². The molecule has 3 aromatic rings. The summed E-state index contributed by atoms with van der Waals surface area (Å²) in [6, 6.07) is 25.2. The molecule has 0 aliphatic heterocycles. The van der Waals surface area contributed by atoms with Crippen LogP contribution in [0.15, 0.2) is 78.9 Å². The van der Waals surface area contributed by atoms with Crippen molar-refractivity contribution in [3.8, 4) is 5.75 Å². The lowest BCUT2D eigenvalue weighted by Crippen LogP contribution is -2.53. The Labute approximate surface area is 220 Å². The fraction of sp³-hybridized carbons (Fsp3) is 0.375. The molecule has 1 atom stereocenters. The predicted molar refractivity (Wildman–Crippen MR) is 147 cm³/mol. The number of amides is 2. The quantitative estimate of drug-likeness (QED) is 0.386. The van der Waals surface area contributed by atoms with Crippen molar-refractivity contribution < 1.29 is 14.3 Å². The zero-order valence-corrected chi connectivity index (χ0v) is 22.0. The molecule has 5 nitrogen and oxygen atoms in total. The van der Waals surface area contributed by atoms with Crippen molar-refractivity contribution in [3.05, 3.63) is 101 Å². The van der Waals surface area contributed by atoms with Crippen molar-refractivity contribution in [2.24, 2.45) is 0 Å². The summed E-state index contributed by atoms with van der Waals surface area (Å²) in [7, 11) is 0. The van der Waals surface area contributed by atoms with E-state index in [1.54, 1.807) is 4.90 Å². The zero-order valence-electron chi connectivity index (χ0n) is 22.0. The van der Waals surface area contributed by atoms with Gasteiger partial charge in [-0.15, -0.1) is 0 Å². The van der Waals surface area contributed by atoms with Gasteiger partial charge in [0.05, 0.1) is 0 Å². The predicted octanol–water partition coefficient (Wildman–Crippen LogP) is 5.77. The number of hydrogen-bond donors (Lipinski definition) is 1. The lowest BCUT2D eigenvalue weighted by Gasteiger charge is -2.33. The summed E-state index contributed by atoms with van der Waals surface area (Å²) in [5.41, 5.74) is 4.13. The molecule has 1 aliphatic carbocycles. The number of aryl methyl sites for hydroxylation is 2. The molecule has 0 spiro atoms. The van der Waals surface area contributed by atoms with Crippen LogP contribution in [0, 0.1) is 13.8 Å². The Bertz CT molecular complexity index is 1160. The van der Waals surface area contributed by atoms with Crippen LogP contribution in [0.4, 0.5) is 0 Å². The van der Waals surface area contributed by atoms with Crippen molar-refractivity contribution in [2.45, 2.75) is 71.0 Å². The SMILES string of the molecule is Cc1ccc(OCC(=O)N(Cc2ccccc2)[C@@H](Cc2ccccc2)C(=O)NC2CCCCC2)c(C)c1. The van der Waals surface area contributed by atoms with Gasteiger partial charge in [0, 0.05) is 19.0 Å². The number of hydrogen-bond acceptors (Lipinski definition) is 3. The summed E-state index contributed by atoms with van der Waals surface area (Å²) in [6.07, 6.45) is 5.91. The maximum Gasteiger partial charge on any atom is 0.261 e. The van der Waals surface area contributed by atoms with Gasteiger partial charge >= 0.3 is 0 Å². The number of carbonyl (C=O) groups excluding carboxylic acids is 2. The maximum absolute atomic E-state index is 13.8. The summed E-state index contributed by atoms with van der Waals surface area (Å²) >= 11 is 0. The van der Waals surface area contributed by atoms with Gasteiger partial charge in [-0.3, -0.25) is 9.59 Å². The third kappa shape index (κ3) is 7.69. The highest BCUT2D eigenvalue weighted by atomic mass is 16.5. The van der Waals surface area contributed by atoms with Gasteiger partial charge in [-0.1, -0.05) is 97.6 Å². The Balaban J connectivity index is 1.60. The van der Waals surface area contributed by atoms with E-state index in [2.05, 4.69) is 5.32 Å². The Morgan fingerprint density at radius 2 is 1.54 bits per heavy atom. The largest absolute Gasteiger partial charge is 0.483 e. The highest BCUT2D eigenvalue weighted by Crippen LogP contribution is 2.21. The summed E-state index contributed by atoms with van der Waals surface area (Å²) in [5, 5.41) is 3.28. The lowest BCUT2D eigenvalue weighted by molar-refractivity contribution is -0.143. The molecule has 0 heterocycles. The van der Waals surface area contributed by atoms with E-state index in [0.29, 0.717) is 18.7 Å². The molecule has 1 aliphatic rings. The molecule has 0 unspecified atom stereocenters. The van der Waals surface area contributed by atoms with Gasteiger partial charge in [0.1, 0.15) is 11.8 Å². The average molecular weight is 499 g/mol. The molecule has 0 bridgehead atoms. The Hall–Kier alpha value is -3.60. The molecule has 2 amide bonds. The Kier molecular flexibility index (Phi) is 9.36. The number of ether oxygens (including phenoxy) is 1. The van der Waals surface area contributed by atoms with Crippen molar-refractivity contribution in [2.75, 3.05) is 6.61 Å². The molecule has 0 saturated heterocycles. The molecule has 37 heavy (non-hydrogen) atoms. The van der Waals surface area contributed by atoms with Gasteiger partial charge in [-0.05, 0) is 49.4 Å². The van der Waals surface area contributed by atoms with Crippen LogP contribution < -0.4 is 10.1 Å². The van der Waals surface area contributed by atoms with Crippen LogP contribution in [0.3, 0.4) is 0 Å². The van der Waals surface area contributed by atoms with Crippen LogP contribution in [-0.2, 0) is 22.6 Å². The number of rotatable bonds is 10. The van der Waals surface area contributed by atoms with Gasteiger partial charge in [-0.25, -0.2) is 0 Å². The van der Waals surface area contributed by atoms with E-state index < -0.39 is 6.04 Å². The molecule has 4 rings (SSSR count). The van der Waals surface area contributed by atoms with Crippen LogP contribution in [0.2, 0.25) is 0 Å². The third-order valence-electron chi connectivity index (χ3n) is 7.10. The van der Waals surface area contributed by atoms with E-state index in [9.17, 15) is 9.59 Å². The topological polar surface area (TPSA) is 58.6 Å². The van der Waals surface area contributed by atoms with E-state index in [4.69, 9.17) is 4.74 Å². The van der Waals surface area contributed by atoms with Gasteiger partial charge in [0.15, 0.2) is 6.61 Å². The summed E-state index contributed by atoms with van der Waals surface area (Å²) in [5.74, 6) is 0.389. The molecule has 3 aromatic carbocycles. The number of nitrogens with zero attached hydrogens (tertiary/aromatic N) is 1. The van der Waals surface area contributed by atoms with Crippen molar-refractivity contribution in [3.63, 3.8) is 0 Å². The first-order valence-electron chi connectivity index (χ1n) is 13.4.